The molecule has 0 unspecified atom stereocenters. The lowest BCUT2D eigenvalue weighted by Gasteiger charge is -2.34. The molecule has 2 amide bonds. The normalized spacial score (nSPS) is 13.7. The van der Waals surface area contributed by atoms with Crippen LogP contribution in [0.5, 0.6) is 5.75 Å². The average molecular weight is 497 g/mol. The van der Waals surface area contributed by atoms with Gasteiger partial charge in [0, 0.05) is 51.3 Å². The van der Waals surface area contributed by atoms with Crippen LogP contribution in [0.4, 0.5) is 0 Å². The fourth-order valence-corrected chi connectivity index (χ4v) is 4.92. The van der Waals surface area contributed by atoms with Crippen molar-refractivity contribution in [1.29, 1.82) is 0 Å². The van der Waals surface area contributed by atoms with Crippen molar-refractivity contribution in [3.05, 3.63) is 78.6 Å². The van der Waals surface area contributed by atoms with Crippen molar-refractivity contribution in [2.75, 3.05) is 32.8 Å². The number of aromatic nitrogens is 2. The third-order valence-corrected chi connectivity index (χ3v) is 6.90. The van der Waals surface area contributed by atoms with Crippen molar-refractivity contribution in [2.45, 2.75) is 26.7 Å². The third kappa shape index (κ3) is 5.35. The fraction of sp³-hybridized carbons (Fsp3) is 0.300. The summed E-state index contributed by atoms with van der Waals surface area (Å²) in [5.74, 6) is 1.01. The lowest BCUT2D eigenvalue weighted by atomic mass is 10.1. The van der Waals surface area contributed by atoms with Gasteiger partial charge < -0.3 is 18.9 Å². The number of pyridine rings is 1. The van der Waals surface area contributed by atoms with Crippen LogP contribution in [0.15, 0.2) is 72.9 Å². The standard InChI is InChI=1S/C30H32N4O3/c1-3-37-26-11-7-10-24(20-26)25-12-14-28-31-30(23-8-5-4-6-9-23)27(34(28)21-25)13-15-29(36)33-18-16-32(17-19-33)22(2)35/h4-12,14,20-21H,3,13,15-19H2,1-2H3. The minimum Gasteiger partial charge on any atom is -0.494 e. The summed E-state index contributed by atoms with van der Waals surface area (Å²) in [6.07, 6.45) is 3.06. The first-order chi connectivity index (χ1) is 18.0. The van der Waals surface area contributed by atoms with Crippen molar-refractivity contribution in [2.24, 2.45) is 0 Å². The summed E-state index contributed by atoms with van der Waals surface area (Å²) < 4.78 is 7.82. The Kier molecular flexibility index (Phi) is 7.21. The summed E-state index contributed by atoms with van der Waals surface area (Å²) in [6, 6.07) is 22.3. The molecule has 7 heteroatoms. The molecule has 1 saturated heterocycles. The summed E-state index contributed by atoms with van der Waals surface area (Å²) in [7, 11) is 0. The van der Waals surface area contributed by atoms with Gasteiger partial charge in [-0.1, -0.05) is 42.5 Å². The monoisotopic (exact) mass is 496 g/mol. The quantitative estimate of drug-likeness (QED) is 0.372. The molecule has 190 valence electrons. The van der Waals surface area contributed by atoms with E-state index in [1.807, 2.05) is 54.3 Å². The van der Waals surface area contributed by atoms with Crippen LogP contribution in [0.3, 0.4) is 0 Å². The van der Waals surface area contributed by atoms with Crippen molar-refractivity contribution in [3.8, 4) is 28.1 Å². The lowest BCUT2D eigenvalue weighted by Crippen LogP contribution is -2.50. The predicted octanol–water partition coefficient (Wildman–Crippen LogP) is 4.69. The molecule has 2 aromatic heterocycles. The highest BCUT2D eigenvalue weighted by atomic mass is 16.5. The number of imidazole rings is 1. The van der Waals surface area contributed by atoms with E-state index in [1.165, 1.54) is 0 Å². The van der Waals surface area contributed by atoms with Gasteiger partial charge in [0.05, 0.1) is 18.0 Å². The topological polar surface area (TPSA) is 67.2 Å². The molecule has 2 aromatic carbocycles. The number of piperazine rings is 1. The Bertz CT molecular complexity index is 1410. The number of aryl methyl sites for hydroxylation is 1. The van der Waals surface area contributed by atoms with E-state index in [4.69, 9.17) is 9.72 Å². The van der Waals surface area contributed by atoms with Gasteiger partial charge in [-0.05, 0) is 48.7 Å². The zero-order valence-electron chi connectivity index (χ0n) is 21.4. The van der Waals surface area contributed by atoms with Gasteiger partial charge >= 0.3 is 0 Å². The molecule has 0 radical (unpaired) electrons. The number of hydrogen-bond donors (Lipinski definition) is 0. The second kappa shape index (κ2) is 10.9. The number of rotatable bonds is 7. The molecule has 1 fully saturated rings. The number of carbonyl (C=O) groups is 2. The summed E-state index contributed by atoms with van der Waals surface area (Å²) in [6.45, 7) is 6.52. The molecule has 0 spiro atoms. The molecule has 4 aromatic rings. The SMILES string of the molecule is CCOc1cccc(-c2ccc3nc(-c4ccccc4)c(CCC(=O)N4CCN(C(C)=O)CC4)n3c2)c1. The van der Waals surface area contributed by atoms with Crippen LogP contribution in [-0.4, -0.2) is 63.8 Å². The molecule has 1 aliphatic rings. The van der Waals surface area contributed by atoms with Crippen LogP contribution in [0.1, 0.15) is 26.0 Å². The van der Waals surface area contributed by atoms with E-state index in [1.54, 1.807) is 11.8 Å². The zero-order chi connectivity index (χ0) is 25.8. The highest BCUT2D eigenvalue weighted by Crippen LogP contribution is 2.29. The highest BCUT2D eigenvalue weighted by molar-refractivity contribution is 5.78. The predicted molar refractivity (Wildman–Crippen MR) is 144 cm³/mol. The van der Waals surface area contributed by atoms with E-state index in [-0.39, 0.29) is 11.8 Å². The second-order valence-electron chi connectivity index (χ2n) is 9.27. The molecule has 0 N–H and O–H groups in total. The molecule has 0 atom stereocenters. The van der Waals surface area contributed by atoms with E-state index in [2.05, 4.69) is 34.9 Å². The van der Waals surface area contributed by atoms with Gasteiger partial charge in [-0.3, -0.25) is 9.59 Å². The van der Waals surface area contributed by atoms with Gasteiger partial charge in [0.1, 0.15) is 11.4 Å². The molecular weight excluding hydrogens is 464 g/mol. The molecule has 1 aliphatic heterocycles. The zero-order valence-corrected chi connectivity index (χ0v) is 21.4. The number of benzene rings is 2. The fourth-order valence-electron chi connectivity index (χ4n) is 4.92. The van der Waals surface area contributed by atoms with E-state index < -0.39 is 0 Å². The van der Waals surface area contributed by atoms with Crippen LogP contribution in [0, 0.1) is 0 Å². The van der Waals surface area contributed by atoms with Crippen molar-refractivity contribution in [1.82, 2.24) is 19.2 Å². The Labute approximate surface area is 217 Å². The van der Waals surface area contributed by atoms with Gasteiger partial charge in [-0.2, -0.15) is 0 Å². The molecule has 7 nitrogen and oxygen atoms in total. The molecule has 0 bridgehead atoms. The molecule has 3 heterocycles. The van der Waals surface area contributed by atoms with E-state index in [9.17, 15) is 9.59 Å². The lowest BCUT2D eigenvalue weighted by molar-refractivity contribution is -0.138. The first-order valence-electron chi connectivity index (χ1n) is 12.9. The first kappa shape index (κ1) is 24.6. The number of hydrogen-bond acceptors (Lipinski definition) is 4. The average Bonchev–Trinajstić information content (AvgIpc) is 3.30. The second-order valence-corrected chi connectivity index (χ2v) is 9.27. The molecule has 37 heavy (non-hydrogen) atoms. The summed E-state index contributed by atoms with van der Waals surface area (Å²) in [5.41, 5.74) is 5.91. The largest absolute Gasteiger partial charge is 0.494 e. The van der Waals surface area contributed by atoms with Gasteiger partial charge in [0.2, 0.25) is 11.8 Å². The Morgan fingerprint density at radius 2 is 1.59 bits per heavy atom. The molecule has 0 aliphatic carbocycles. The van der Waals surface area contributed by atoms with E-state index >= 15 is 0 Å². The number of nitrogens with zero attached hydrogens (tertiary/aromatic N) is 4. The van der Waals surface area contributed by atoms with Crippen LogP contribution in [-0.2, 0) is 16.0 Å². The maximum atomic E-state index is 13.1. The molecular formula is C30H32N4O3. The maximum Gasteiger partial charge on any atom is 0.223 e. The minimum atomic E-state index is 0.0629. The summed E-state index contributed by atoms with van der Waals surface area (Å²) >= 11 is 0. The summed E-state index contributed by atoms with van der Waals surface area (Å²) in [4.78, 5) is 33.4. The smallest absolute Gasteiger partial charge is 0.223 e. The van der Waals surface area contributed by atoms with Gasteiger partial charge in [-0.15, -0.1) is 0 Å². The third-order valence-electron chi connectivity index (χ3n) is 6.90. The first-order valence-corrected chi connectivity index (χ1v) is 12.9. The Balaban J connectivity index is 1.45. The Morgan fingerprint density at radius 3 is 2.32 bits per heavy atom. The Hall–Kier alpha value is -4.13. The van der Waals surface area contributed by atoms with Crippen LogP contribution in [0.2, 0.25) is 0 Å². The van der Waals surface area contributed by atoms with Gasteiger partial charge in [0.15, 0.2) is 0 Å². The van der Waals surface area contributed by atoms with Crippen LogP contribution >= 0.6 is 0 Å². The van der Waals surface area contributed by atoms with Crippen molar-refractivity contribution in [3.63, 3.8) is 0 Å². The van der Waals surface area contributed by atoms with Gasteiger partial charge in [0.25, 0.3) is 0 Å². The van der Waals surface area contributed by atoms with E-state index in [0.29, 0.717) is 45.6 Å². The van der Waals surface area contributed by atoms with Gasteiger partial charge in [-0.25, -0.2) is 4.98 Å². The van der Waals surface area contributed by atoms with Crippen molar-refractivity contribution < 1.29 is 14.3 Å². The number of carbonyl (C=O) groups excluding carboxylic acids is 2. The maximum absolute atomic E-state index is 13.1. The molecule has 5 rings (SSSR count). The van der Waals surface area contributed by atoms with Crippen LogP contribution in [0.25, 0.3) is 28.0 Å². The minimum absolute atomic E-state index is 0.0629. The Morgan fingerprint density at radius 1 is 0.865 bits per heavy atom. The highest BCUT2D eigenvalue weighted by Gasteiger charge is 2.23. The number of fused-ring (bicyclic) bond motifs is 1. The van der Waals surface area contributed by atoms with E-state index in [0.717, 1.165) is 39.5 Å². The summed E-state index contributed by atoms with van der Waals surface area (Å²) in [5, 5.41) is 0. The van der Waals surface area contributed by atoms with Crippen molar-refractivity contribution >= 4 is 17.5 Å². The number of amides is 2. The number of ether oxygens (including phenoxy) is 1. The van der Waals surface area contributed by atoms with Crippen LogP contribution < -0.4 is 4.74 Å². The molecule has 0 saturated carbocycles.